The molecule has 1 N–H and O–H groups in total. The van der Waals surface area contributed by atoms with E-state index in [1.54, 1.807) is 0 Å². The quantitative estimate of drug-likeness (QED) is 0.620. The van der Waals surface area contributed by atoms with E-state index in [1.807, 2.05) is 37.3 Å². The van der Waals surface area contributed by atoms with E-state index in [0.717, 1.165) is 18.1 Å². The zero-order valence-corrected chi connectivity index (χ0v) is 13.5. The van der Waals surface area contributed by atoms with Gasteiger partial charge in [-0.2, -0.15) is 0 Å². The maximum absolute atomic E-state index is 12.5. The van der Waals surface area contributed by atoms with E-state index in [1.165, 1.54) is 18.2 Å². The number of nitrogens with zero attached hydrogens (tertiary/aromatic N) is 1. The van der Waals surface area contributed by atoms with E-state index in [-0.39, 0.29) is 16.6 Å². The van der Waals surface area contributed by atoms with Crippen molar-refractivity contribution in [2.75, 3.05) is 0 Å². The summed E-state index contributed by atoms with van der Waals surface area (Å²) in [6.45, 7) is 1.97. The minimum atomic E-state index is -3.84. The highest BCUT2D eigenvalue weighted by Gasteiger charge is 2.22. The standard InChI is InChI=1S/C16H18N2O4S/c1-2-7-16(13-8-4-3-5-9-13)17-23(21,22)15-11-6-10-14(12-15)18(19)20/h3-6,8-12,16-17H,2,7H2,1H3. The second-order valence-electron chi connectivity index (χ2n) is 5.13. The first-order chi connectivity index (χ1) is 10.9. The molecule has 0 amide bonds. The minimum Gasteiger partial charge on any atom is -0.258 e. The van der Waals surface area contributed by atoms with Crippen molar-refractivity contribution < 1.29 is 13.3 Å². The maximum atomic E-state index is 12.5. The third-order valence-electron chi connectivity index (χ3n) is 3.42. The molecule has 0 saturated carbocycles. The van der Waals surface area contributed by atoms with Crippen molar-refractivity contribution in [1.82, 2.24) is 4.72 Å². The van der Waals surface area contributed by atoms with E-state index < -0.39 is 14.9 Å². The summed E-state index contributed by atoms with van der Waals surface area (Å²) in [5, 5.41) is 10.8. The summed E-state index contributed by atoms with van der Waals surface area (Å²) in [7, 11) is -3.84. The van der Waals surface area contributed by atoms with Crippen LogP contribution in [0.15, 0.2) is 59.5 Å². The van der Waals surface area contributed by atoms with Crippen molar-refractivity contribution in [2.24, 2.45) is 0 Å². The molecule has 7 heteroatoms. The summed E-state index contributed by atoms with van der Waals surface area (Å²) in [5.74, 6) is 0. The van der Waals surface area contributed by atoms with Gasteiger partial charge in [-0.3, -0.25) is 10.1 Å². The molecule has 2 aromatic carbocycles. The molecule has 0 aromatic heterocycles. The number of hydrogen-bond acceptors (Lipinski definition) is 4. The normalized spacial score (nSPS) is 12.7. The molecule has 0 heterocycles. The van der Waals surface area contributed by atoms with Crippen LogP contribution in [0.4, 0.5) is 5.69 Å². The molecule has 0 fully saturated rings. The van der Waals surface area contributed by atoms with E-state index >= 15 is 0 Å². The Morgan fingerprint density at radius 3 is 2.43 bits per heavy atom. The molecular formula is C16H18N2O4S. The molecule has 0 bridgehead atoms. The van der Waals surface area contributed by atoms with Gasteiger partial charge in [0.15, 0.2) is 0 Å². The first kappa shape index (κ1) is 17.1. The fourth-order valence-electron chi connectivity index (χ4n) is 2.29. The largest absolute Gasteiger partial charge is 0.270 e. The fraction of sp³-hybridized carbons (Fsp3) is 0.250. The summed E-state index contributed by atoms with van der Waals surface area (Å²) in [4.78, 5) is 10.1. The number of sulfonamides is 1. The van der Waals surface area contributed by atoms with E-state index in [9.17, 15) is 18.5 Å². The van der Waals surface area contributed by atoms with Gasteiger partial charge >= 0.3 is 0 Å². The molecule has 122 valence electrons. The minimum absolute atomic E-state index is 0.108. The van der Waals surface area contributed by atoms with Crippen molar-refractivity contribution in [3.8, 4) is 0 Å². The lowest BCUT2D eigenvalue weighted by Crippen LogP contribution is -2.28. The smallest absolute Gasteiger partial charge is 0.258 e. The van der Waals surface area contributed by atoms with Crippen LogP contribution in [-0.4, -0.2) is 13.3 Å². The van der Waals surface area contributed by atoms with Crippen LogP contribution in [0.2, 0.25) is 0 Å². The van der Waals surface area contributed by atoms with Gasteiger partial charge < -0.3 is 0 Å². The lowest BCUT2D eigenvalue weighted by atomic mass is 10.0. The predicted molar refractivity (Wildman–Crippen MR) is 87.5 cm³/mol. The Bertz CT molecular complexity index is 776. The first-order valence-electron chi connectivity index (χ1n) is 7.26. The molecule has 2 aromatic rings. The van der Waals surface area contributed by atoms with Crippen LogP contribution in [0, 0.1) is 10.1 Å². The molecule has 6 nitrogen and oxygen atoms in total. The lowest BCUT2D eigenvalue weighted by molar-refractivity contribution is -0.385. The van der Waals surface area contributed by atoms with Crippen molar-refractivity contribution in [3.63, 3.8) is 0 Å². The Balaban J connectivity index is 2.31. The number of nitro groups is 1. The molecule has 2 rings (SSSR count). The highest BCUT2D eigenvalue weighted by Crippen LogP contribution is 2.23. The molecule has 0 aliphatic heterocycles. The summed E-state index contributed by atoms with van der Waals surface area (Å²) < 4.78 is 27.7. The van der Waals surface area contributed by atoms with Gasteiger partial charge in [0.1, 0.15) is 0 Å². The zero-order valence-electron chi connectivity index (χ0n) is 12.7. The molecule has 0 spiro atoms. The van der Waals surface area contributed by atoms with Gasteiger partial charge in [0.25, 0.3) is 5.69 Å². The molecule has 0 saturated heterocycles. The van der Waals surface area contributed by atoms with Gasteiger partial charge in [-0.1, -0.05) is 49.7 Å². The van der Waals surface area contributed by atoms with Crippen LogP contribution < -0.4 is 4.72 Å². The van der Waals surface area contributed by atoms with Crippen LogP contribution in [0.3, 0.4) is 0 Å². The Hall–Kier alpha value is -2.25. The van der Waals surface area contributed by atoms with Crippen LogP contribution in [0.5, 0.6) is 0 Å². The molecule has 23 heavy (non-hydrogen) atoms. The summed E-state index contributed by atoms with van der Waals surface area (Å²) >= 11 is 0. The lowest BCUT2D eigenvalue weighted by Gasteiger charge is -2.18. The third kappa shape index (κ3) is 4.37. The van der Waals surface area contributed by atoms with Gasteiger partial charge in [0, 0.05) is 18.2 Å². The number of nitrogens with one attached hydrogen (secondary N) is 1. The van der Waals surface area contributed by atoms with Crippen molar-refractivity contribution in [2.45, 2.75) is 30.7 Å². The highest BCUT2D eigenvalue weighted by atomic mass is 32.2. The first-order valence-corrected chi connectivity index (χ1v) is 8.74. The van der Waals surface area contributed by atoms with Crippen LogP contribution >= 0.6 is 0 Å². The monoisotopic (exact) mass is 334 g/mol. The van der Waals surface area contributed by atoms with Crippen LogP contribution in [0.25, 0.3) is 0 Å². The predicted octanol–water partition coefficient (Wildman–Crippen LogP) is 3.41. The Morgan fingerprint density at radius 1 is 1.13 bits per heavy atom. The number of hydrogen-bond donors (Lipinski definition) is 1. The van der Waals surface area contributed by atoms with E-state index in [4.69, 9.17) is 0 Å². The Morgan fingerprint density at radius 2 is 1.83 bits per heavy atom. The number of nitro benzene ring substituents is 1. The Labute approximate surface area is 135 Å². The third-order valence-corrected chi connectivity index (χ3v) is 4.88. The van der Waals surface area contributed by atoms with Crippen molar-refractivity contribution in [1.29, 1.82) is 0 Å². The van der Waals surface area contributed by atoms with Crippen LogP contribution in [-0.2, 0) is 10.0 Å². The number of non-ortho nitro benzene ring substituents is 1. The summed E-state index contributed by atoms with van der Waals surface area (Å²) in [6, 6.07) is 13.9. The second kappa shape index (κ2) is 7.34. The second-order valence-corrected chi connectivity index (χ2v) is 6.84. The fourth-order valence-corrected chi connectivity index (χ4v) is 3.59. The van der Waals surface area contributed by atoms with E-state index in [2.05, 4.69) is 4.72 Å². The van der Waals surface area contributed by atoms with Gasteiger partial charge in [-0.05, 0) is 18.1 Å². The molecule has 1 unspecified atom stereocenters. The van der Waals surface area contributed by atoms with Gasteiger partial charge in [0.05, 0.1) is 9.82 Å². The summed E-state index contributed by atoms with van der Waals surface area (Å²) in [6.07, 6.45) is 1.44. The zero-order chi connectivity index (χ0) is 16.9. The topological polar surface area (TPSA) is 89.3 Å². The Kier molecular flexibility index (Phi) is 5.46. The average molecular weight is 334 g/mol. The van der Waals surface area contributed by atoms with Gasteiger partial charge in [-0.15, -0.1) is 0 Å². The molecule has 0 aliphatic carbocycles. The van der Waals surface area contributed by atoms with Gasteiger partial charge in [0.2, 0.25) is 10.0 Å². The summed E-state index contributed by atoms with van der Waals surface area (Å²) in [5.41, 5.74) is 0.614. The van der Waals surface area contributed by atoms with Crippen molar-refractivity contribution in [3.05, 3.63) is 70.3 Å². The maximum Gasteiger partial charge on any atom is 0.270 e. The van der Waals surface area contributed by atoms with Crippen LogP contribution in [0.1, 0.15) is 31.4 Å². The van der Waals surface area contributed by atoms with Gasteiger partial charge in [-0.25, -0.2) is 13.1 Å². The van der Waals surface area contributed by atoms with E-state index in [0.29, 0.717) is 6.42 Å². The SMILES string of the molecule is CCCC(NS(=O)(=O)c1cccc([N+](=O)[O-])c1)c1ccccc1. The highest BCUT2D eigenvalue weighted by molar-refractivity contribution is 7.89. The number of benzene rings is 2. The average Bonchev–Trinajstić information content (AvgIpc) is 2.55. The molecule has 1 atom stereocenters. The number of rotatable bonds is 7. The van der Waals surface area contributed by atoms with Crippen molar-refractivity contribution >= 4 is 15.7 Å². The molecular weight excluding hydrogens is 316 g/mol. The molecule has 0 aliphatic rings. The molecule has 0 radical (unpaired) electrons.